The summed E-state index contributed by atoms with van der Waals surface area (Å²) in [4.78, 5) is 7.58. The van der Waals surface area contributed by atoms with E-state index in [1.807, 2.05) is 6.07 Å². The van der Waals surface area contributed by atoms with Gasteiger partial charge in [-0.2, -0.15) is 0 Å². The Morgan fingerprint density at radius 1 is 1.22 bits per heavy atom. The van der Waals surface area contributed by atoms with Gasteiger partial charge in [0.2, 0.25) is 5.95 Å². The highest BCUT2D eigenvalue weighted by Gasteiger charge is 2.16. The van der Waals surface area contributed by atoms with Gasteiger partial charge < -0.3 is 10.4 Å². The van der Waals surface area contributed by atoms with Crippen LogP contribution in [0.1, 0.15) is 17.7 Å². The van der Waals surface area contributed by atoms with Crippen LogP contribution in [0, 0.1) is 0 Å². The van der Waals surface area contributed by atoms with Gasteiger partial charge in [-0.25, -0.2) is 18.7 Å². The summed E-state index contributed by atoms with van der Waals surface area (Å²) in [6.07, 6.45) is -1.55. The maximum absolute atomic E-state index is 12.7. The largest absolute Gasteiger partial charge is 0.392 e. The number of anilines is 2. The molecule has 0 fully saturated rings. The molecule has 0 aliphatic carbocycles. The minimum Gasteiger partial charge on any atom is -0.392 e. The fourth-order valence-corrected chi connectivity index (χ4v) is 1.44. The number of para-hydroxylation sites is 1. The van der Waals surface area contributed by atoms with E-state index in [0.717, 1.165) is 0 Å². The van der Waals surface area contributed by atoms with Gasteiger partial charge in [0.05, 0.1) is 6.61 Å². The Hall–Kier alpha value is -2.08. The quantitative estimate of drug-likeness (QED) is 0.877. The highest BCUT2D eigenvalue weighted by Crippen LogP contribution is 2.22. The van der Waals surface area contributed by atoms with Crippen molar-refractivity contribution < 1.29 is 13.9 Å². The molecule has 0 saturated heterocycles. The number of aromatic nitrogens is 2. The second-order valence-electron chi connectivity index (χ2n) is 3.55. The van der Waals surface area contributed by atoms with Gasteiger partial charge in [-0.1, -0.05) is 18.2 Å². The zero-order valence-corrected chi connectivity index (χ0v) is 9.35. The van der Waals surface area contributed by atoms with Crippen LogP contribution in [0.2, 0.25) is 0 Å². The summed E-state index contributed by atoms with van der Waals surface area (Å²) in [6.45, 7) is -0.509. The van der Waals surface area contributed by atoms with Crippen molar-refractivity contribution in [2.24, 2.45) is 0 Å². The summed E-state index contributed by atoms with van der Waals surface area (Å²) in [5.41, 5.74) is 0.281. The van der Waals surface area contributed by atoms with Crippen molar-refractivity contribution >= 4 is 11.6 Å². The summed E-state index contributed by atoms with van der Waals surface area (Å²) < 4.78 is 25.4. The number of aliphatic hydroxyl groups excluding tert-OH is 1. The standard InChI is InChI=1S/C12H11F2N3O/c13-11(14)10-8(7-18)6-15-12(17-10)16-9-4-2-1-3-5-9/h1-6,11,18H,7H2,(H,15,16,17). The average molecular weight is 251 g/mol. The lowest BCUT2D eigenvalue weighted by molar-refractivity contribution is 0.141. The van der Waals surface area contributed by atoms with E-state index in [0.29, 0.717) is 5.69 Å². The molecule has 0 spiro atoms. The molecular weight excluding hydrogens is 240 g/mol. The van der Waals surface area contributed by atoms with Crippen molar-refractivity contribution in [3.8, 4) is 0 Å². The van der Waals surface area contributed by atoms with Crippen molar-refractivity contribution in [1.82, 2.24) is 9.97 Å². The number of hydrogen-bond donors (Lipinski definition) is 2. The Morgan fingerprint density at radius 2 is 1.94 bits per heavy atom. The molecule has 0 aliphatic rings. The average Bonchev–Trinajstić information content (AvgIpc) is 2.40. The molecule has 1 heterocycles. The van der Waals surface area contributed by atoms with Crippen LogP contribution < -0.4 is 5.32 Å². The number of rotatable bonds is 4. The van der Waals surface area contributed by atoms with Gasteiger partial charge in [-0.15, -0.1) is 0 Å². The summed E-state index contributed by atoms with van der Waals surface area (Å²) >= 11 is 0. The van der Waals surface area contributed by atoms with Crippen LogP contribution in [-0.4, -0.2) is 15.1 Å². The molecule has 18 heavy (non-hydrogen) atoms. The first kappa shape index (κ1) is 12.4. The summed E-state index contributed by atoms with van der Waals surface area (Å²) in [5.74, 6) is 0.0775. The molecule has 2 N–H and O–H groups in total. The summed E-state index contributed by atoms with van der Waals surface area (Å²) in [5, 5.41) is 11.7. The number of halogens is 2. The van der Waals surface area contributed by atoms with E-state index in [9.17, 15) is 8.78 Å². The second-order valence-corrected chi connectivity index (χ2v) is 3.55. The van der Waals surface area contributed by atoms with Crippen molar-refractivity contribution in [2.75, 3.05) is 5.32 Å². The monoisotopic (exact) mass is 251 g/mol. The van der Waals surface area contributed by atoms with Gasteiger partial charge in [0, 0.05) is 17.4 Å². The SMILES string of the molecule is OCc1cnc(Nc2ccccc2)nc1C(F)F. The molecule has 4 nitrogen and oxygen atoms in total. The molecule has 1 aromatic carbocycles. The van der Waals surface area contributed by atoms with E-state index in [1.54, 1.807) is 24.3 Å². The number of nitrogens with zero attached hydrogens (tertiary/aromatic N) is 2. The molecule has 0 saturated carbocycles. The molecule has 0 amide bonds. The molecule has 0 atom stereocenters. The predicted molar refractivity (Wildman–Crippen MR) is 62.6 cm³/mol. The van der Waals surface area contributed by atoms with Crippen LogP contribution in [-0.2, 0) is 6.61 Å². The molecule has 2 rings (SSSR count). The first-order valence-electron chi connectivity index (χ1n) is 5.27. The van der Waals surface area contributed by atoms with Gasteiger partial charge >= 0.3 is 0 Å². The van der Waals surface area contributed by atoms with Crippen LogP contribution >= 0.6 is 0 Å². The van der Waals surface area contributed by atoms with E-state index in [1.165, 1.54) is 6.20 Å². The third kappa shape index (κ3) is 2.78. The van der Waals surface area contributed by atoms with Crippen LogP contribution in [0.15, 0.2) is 36.5 Å². The fraction of sp³-hybridized carbons (Fsp3) is 0.167. The zero-order valence-electron chi connectivity index (χ0n) is 9.35. The van der Waals surface area contributed by atoms with Gasteiger partial charge in [-0.3, -0.25) is 0 Å². The maximum Gasteiger partial charge on any atom is 0.280 e. The first-order valence-corrected chi connectivity index (χ1v) is 5.27. The summed E-state index contributed by atoms with van der Waals surface area (Å²) in [7, 11) is 0. The molecular formula is C12H11F2N3O. The Balaban J connectivity index is 2.27. The van der Waals surface area contributed by atoms with Gasteiger partial charge in [0.25, 0.3) is 6.43 Å². The Labute approximate surface area is 102 Å². The van der Waals surface area contributed by atoms with E-state index in [4.69, 9.17) is 5.11 Å². The predicted octanol–water partition coefficient (Wildman–Crippen LogP) is 2.65. The van der Waals surface area contributed by atoms with E-state index < -0.39 is 18.7 Å². The molecule has 1 aromatic heterocycles. The Morgan fingerprint density at radius 3 is 2.56 bits per heavy atom. The van der Waals surface area contributed by atoms with E-state index in [-0.39, 0.29) is 11.5 Å². The number of benzene rings is 1. The molecule has 2 aromatic rings. The third-order valence-corrected chi connectivity index (χ3v) is 2.30. The third-order valence-electron chi connectivity index (χ3n) is 2.30. The molecule has 0 radical (unpaired) electrons. The number of nitrogens with one attached hydrogen (secondary N) is 1. The lowest BCUT2D eigenvalue weighted by Crippen LogP contribution is -2.04. The molecule has 0 unspecified atom stereocenters. The van der Waals surface area contributed by atoms with Gasteiger partial charge in [0.15, 0.2) is 0 Å². The van der Waals surface area contributed by atoms with Gasteiger partial charge in [-0.05, 0) is 12.1 Å². The van der Waals surface area contributed by atoms with E-state index in [2.05, 4.69) is 15.3 Å². The summed E-state index contributed by atoms with van der Waals surface area (Å²) in [6, 6.07) is 8.99. The molecule has 0 aliphatic heterocycles. The Kier molecular flexibility index (Phi) is 3.78. The molecule has 94 valence electrons. The minimum atomic E-state index is -2.74. The zero-order chi connectivity index (χ0) is 13.0. The van der Waals surface area contributed by atoms with Crippen molar-refractivity contribution in [3.63, 3.8) is 0 Å². The topological polar surface area (TPSA) is 58.0 Å². The highest BCUT2D eigenvalue weighted by molar-refractivity contribution is 5.52. The van der Waals surface area contributed by atoms with Crippen molar-refractivity contribution in [2.45, 2.75) is 13.0 Å². The second kappa shape index (κ2) is 5.50. The smallest absolute Gasteiger partial charge is 0.280 e. The molecule has 0 bridgehead atoms. The number of aliphatic hydroxyl groups is 1. The van der Waals surface area contributed by atoms with Crippen LogP contribution in [0.3, 0.4) is 0 Å². The lowest BCUT2D eigenvalue weighted by Gasteiger charge is -2.09. The fourth-order valence-electron chi connectivity index (χ4n) is 1.44. The highest BCUT2D eigenvalue weighted by atomic mass is 19.3. The normalized spacial score (nSPS) is 10.7. The van der Waals surface area contributed by atoms with Crippen LogP contribution in [0.5, 0.6) is 0 Å². The Bertz CT molecular complexity index is 520. The van der Waals surface area contributed by atoms with Crippen molar-refractivity contribution in [3.05, 3.63) is 47.8 Å². The minimum absolute atomic E-state index is 0.0311. The van der Waals surface area contributed by atoms with Crippen molar-refractivity contribution in [1.29, 1.82) is 0 Å². The van der Waals surface area contributed by atoms with E-state index >= 15 is 0 Å². The first-order chi connectivity index (χ1) is 8.70. The van der Waals surface area contributed by atoms with Gasteiger partial charge in [0.1, 0.15) is 5.69 Å². The number of hydrogen-bond acceptors (Lipinski definition) is 4. The maximum atomic E-state index is 12.7. The number of alkyl halides is 2. The van der Waals surface area contributed by atoms with Crippen LogP contribution in [0.25, 0.3) is 0 Å². The van der Waals surface area contributed by atoms with Crippen LogP contribution in [0.4, 0.5) is 20.4 Å². The molecule has 6 heteroatoms. The lowest BCUT2D eigenvalue weighted by atomic mass is 10.2.